The first-order valence-corrected chi connectivity index (χ1v) is 5.55. The Hall–Kier alpha value is -1.50. The van der Waals surface area contributed by atoms with Gasteiger partial charge < -0.3 is 25.1 Å². The lowest BCUT2D eigenvalue weighted by Crippen LogP contribution is -2.42. The van der Waals surface area contributed by atoms with E-state index in [0.717, 1.165) is 0 Å². The third-order valence-corrected chi connectivity index (χ3v) is 1.96. The van der Waals surface area contributed by atoms with Gasteiger partial charge in [0, 0.05) is 0 Å². The molecule has 0 bridgehead atoms. The van der Waals surface area contributed by atoms with Gasteiger partial charge in [-0.05, 0) is 6.92 Å². The summed E-state index contributed by atoms with van der Waals surface area (Å²) in [4.78, 5) is 25.8. The zero-order chi connectivity index (χ0) is 15.5. The second kappa shape index (κ2) is 10.3. The lowest BCUT2D eigenvalue weighted by atomic mass is 10.2. The number of nitrogens with zero attached hydrogens (tertiary/aromatic N) is 1. The van der Waals surface area contributed by atoms with Crippen LogP contribution in [0.25, 0.3) is 0 Å². The van der Waals surface area contributed by atoms with E-state index in [2.05, 4.69) is 14.3 Å². The highest BCUT2D eigenvalue weighted by molar-refractivity contribution is 5.74. The van der Waals surface area contributed by atoms with Gasteiger partial charge in [-0.1, -0.05) is 0 Å². The molecule has 11 heteroatoms. The van der Waals surface area contributed by atoms with E-state index in [4.69, 9.17) is 26.0 Å². The minimum absolute atomic E-state index is 0.0225. The first-order chi connectivity index (χ1) is 9.34. The van der Waals surface area contributed by atoms with Crippen LogP contribution in [0.4, 0.5) is 4.79 Å². The van der Waals surface area contributed by atoms with Gasteiger partial charge in [-0.15, -0.1) is 0 Å². The van der Waals surface area contributed by atoms with Crippen LogP contribution < -0.4 is 5.73 Å². The van der Waals surface area contributed by atoms with Crippen molar-refractivity contribution >= 4 is 12.1 Å². The highest BCUT2D eigenvalue weighted by Gasteiger charge is 2.24. The largest absolute Gasteiger partial charge is 0.508 e. The SMILES string of the molecule is CC(OC(=O)OCCOCCON(O)O)C(N)C(=O)O. The molecule has 20 heavy (non-hydrogen) atoms. The van der Waals surface area contributed by atoms with E-state index >= 15 is 0 Å². The Morgan fingerprint density at radius 3 is 2.35 bits per heavy atom. The molecule has 11 nitrogen and oxygen atoms in total. The fourth-order valence-electron chi connectivity index (χ4n) is 0.924. The summed E-state index contributed by atoms with van der Waals surface area (Å²) in [6.45, 7) is 1.15. The summed E-state index contributed by atoms with van der Waals surface area (Å²) in [5, 5.41) is 24.5. The Morgan fingerprint density at radius 1 is 1.20 bits per heavy atom. The second-order valence-corrected chi connectivity index (χ2v) is 3.48. The molecule has 0 saturated heterocycles. The molecule has 0 rings (SSSR count). The van der Waals surface area contributed by atoms with E-state index in [1.165, 1.54) is 6.92 Å². The number of carbonyl (C=O) groups is 2. The minimum Gasteiger partial charge on any atom is -0.480 e. The van der Waals surface area contributed by atoms with E-state index in [-0.39, 0.29) is 26.4 Å². The van der Waals surface area contributed by atoms with E-state index in [1.54, 1.807) is 0 Å². The maximum Gasteiger partial charge on any atom is 0.508 e. The van der Waals surface area contributed by atoms with Gasteiger partial charge >= 0.3 is 12.1 Å². The molecule has 0 aliphatic carbocycles. The third kappa shape index (κ3) is 9.43. The molecule has 0 aromatic carbocycles. The van der Waals surface area contributed by atoms with Crippen LogP contribution in [-0.2, 0) is 23.8 Å². The number of carbonyl (C=O) groups excluding carboxylic acids is 1. The Morgan fingerprint density at radius 2 is 1.80 bits per heavy atom. The number of rotatable bonds is 10. The lowest BCUT2D eigenvalue weighted by Gasteiger charge is -2.16. The van der Waals surface area contributed by atoms with Gasteiger partial charge in [-0.25, -0.2) is 9.63 Å². The highest BCUT2D eigenvalue weighted by Crippen LogP contribution is 1.99. The lowest BCUT2D eigenvalue weighted by molar-refractivity contribution is -0.493. The summed E-state index contributed by atoms with van der Waals surface area (Å²) in [5.41, 5.74) is 5.23. The molecule has 0 aliphatic heterocycles. The fourth-order valence-corrected chi connectivity index (χ4v) is 0.924. The molecular formula is C9H18N2O9. The van der Waals surface area contributed by atoms with Crippen LogP contribution in [0.3, 0.4) is 0 Å². The molecule has 5 N–H and O–H groups in total. The van der Waals surface area contributed by atoms with Gasteiger partial charge in [0.1, 0.15) is 18.8 Å². The Bertz CT molecular complexity index is 299. The van der Waals surface area contributed by atoms with Crippen LogP contribution in [0.15, 0.2) is 0 Å². The zero-order valence-corrected chi connectivity index (χ0v) is 10.8. The smallest absolute Gasteiger partial charge is 0.480 e. The van der Waals surface area contributed by atoms with Crippen LogP contribution in [0, 0.1) is 0 Å². The quantitative estimate of drug-likeness (QED) is 0.221. The molecule has 0 saturated carbocycles. The van der Waals surface area contributed by atoms with Crippen molar-refractivity contribution in [2.24, 2.45) is 5.73 Å². The van der Waals surface area contributed by atoms with Gasteiger partial charge in [-0.2, -0.15) is 0 Å². The number of ether oxygens (including phenoxy) is 3. The van der Waals surface area contributed by atoms with Gasteiger partial charge in [0.2, 0.25) is 0 Å². The first-order valence-electron chi connectivity index (χ1n) is 5.55. The average Bonchev–Trinajstić information content (AvgIpc) is 2.35. The van der Waals surface area contributed by atoms with Crippen molar-refractivity contribution in [3.63, 3.8) is 0 Å². The third-order valence-electron chi connectivity index (χ3n) is 1.96. The van der Waals surface area contributed by atoms with Crippen molar-refractivity contribution in [3.05, 3.63) is 0 Å². The Labute approximate surface area is 114 Å². The maximum absolute atomic E-state index is 11.1. The van der Waals surface area contributed by atoms with Crippen molar-refractivity contribution in [3.8, 4) is 0 Å². The molecule has 0 fully saturated rings. The first kappa shape index (κ1) is 18.5. The topological polar surface area (TPSA) is 161 Å². The number of carboxylic acid groups (broad SMARTS) is 1. The molecule has 0 radical (unpaired) electrons. The molecule has 0 amide bonds. The molecular weight excluding hydrogens is 280 g/mol. The van der Waals surface area contributed by atoms with Crippen molar-refractivity contribution in [2.45, 2.75) is 19.1 Å². The van der Waals surface area contributed by atoms with Gasteiger partial charge in [0.25, 0.3) is 0 Å². The fraction of sp³-hybridized carbons (Fsp3) is 0.778. The van der Waals surface area contributed by atoms with Gasteiger partial charge in [0.05, 0.1) is 25.2 Å². The van der Waals surface area contributed by atoms with Crippen molar-refractivity contribution in [1.29, 1.82) is 0 Å². The Kier molecular flexibility index (Phi) is 9.53. The van der Waals surface area contributed by atoms with E-state index < -0.39 is 29.7 Å². The van der Waals surface area contributed by atoms with Crippen LogP contribution in [0.2, 0.25) is 0 Å². The molecule has 0 spiro atoms. The molecule has 0 aliphatic rings. The Balaban J connectivity index is 3.57. The van der Waals surface area contributed by atoms with E-state index in [0.29, 0.717) is 0 Å². The molecule has 0 aromatic rings. The number of hydrogen-bond donors (Lipinski definition) is 4. The van der Waals surface area contributed by atoms with Crippen molar-refractivity contribution in [1.82, 2.24) is 5.39 Å². The number of nitrogens with two attached hydrogens (primary N) is 1. The molecule has 118 valence electrons. The summed E-state index contributed by atoms with van der Waals surface area (Å²) < 4.78 is 14.1. The summed E-state index contributed by atoms with van der Waals surface area (Å²) in [6.07, 6.45) is -2.10. The van der Waals surface area contributed by atoms with Gasteiger partial charge in [0.15, 0.2) is 0 Å². The second-order valence-electron chi connectivity index (χ2n) is 3.48. The van der Waals surface area contributed by atoms with Crippen molar-refractivity contribution in [2.75, 3.05) is 26.4 Å². The minimum atomic E-state index is -1.34. The van der Waals surface area contributed by atoms with Crippen LogP contribution in [0.1, 0.15) is 6.92 Å². The van der Waals surface area contributed by atoms with Crippen LogP contribution in [0.5, 0.6) is 0 Å². The summed E-state index contributed by atoms with van der Waals surface area (Å²) in [6, 6.07) is -1.34. The van der Waals surface area contributed by atoms with Crippen molar-refractivity contribution < 1.29 is 44.2 Å². The summed E-state index contributed by atoms with van der Waals surface area (Å²) in [7, 11) is 0. The van der Waals surface area contributed by atoms with Gasteiger partial charge in [-0.3, -0.25) is 15.2 Å². The van der Waals surface area contributed by atoms with E-state index in [9.17, 15) is 9.59 Å². The summed E-state index contributed by atoms with van der Waals surface area (Å²) in [5.74, 6) is -1.30. The predicted octanol–water partition coefficient (Wildman–Crippen LogP) is -1.03. The standard InChI is InChI=1S/C9H18N2O9/c1-6(7(10)8(12)13)20-9(14)18-4-2-17-3-5-19-11(15)16/h6-7,15-16H,2-5,10H2,1H3,(H,12,13). The van der Waals surface area contributed by atoms with E-state index in [1.807, 2.05) is 0 Å². The molecule has 2 atom stereocenters. The number of hydrogen-bond acceptors (Lipinski definition) is 10. The summed E-state index contributed by atoms with van der Waals surface area (Å²) >= 11 is 0. The predicted molar refractivity (Wildman–Crippen MR) is 59.7 cm³/mol. The maximum atomic E-state index is 11.1. The average molecular weight is 298 g/mol. The highest BCUT2D eigenvalue weighted by atomic mass is 17.1. The molecule has 0 heterocycles. The normalized spacial score (nSPS) is 13.8. The number of aliphatic carboxylic acids is 1. The zero-order valence-electron chi connectivity index (χ0n) is 10.8. The van der Waals surface area contributed by atoms with Crippen LogP contribution in [-0.4, -0.2) is 71.6 Å². The van der Waals surface area contributed by atoms with Crippen LogP contribution >= 0.6 is 0 Å². The molecule has 2 unspecified atom stereocenters. The monoisotopic (exact) mass is 298 g/mol. The molecule has 0 aromatic heterocycles. The number of carboxylic acids is 1.